The smallest absolute Gasteiger partial charge is 0.269 e. The molecule has 1 aliphatic carbocycles. The van der Waals surface area contributed by atoms with E-state index in [1.54, 1.807) is 25.1 Å². The van der Waals surface area contributed by atoms with E-state index in [0.29, 0.717) is 5.56 Å². The molecule has 0 radical (unpaired) electrons. The van der Waals surface area contributed by atoms with Gasteiger partial charge in [-0.2, -0.15) is 0 Å². The highest BCUT2D eigenvalue weighted by atomic mass is 32.2. The van der Waals surface area contributed by atoms with Gasteiger partial charge in [0.2, 0.25) is 11.8 Å². The van der Waals surface area contributed by atoms with E-state index in [1.807, 2.05) is 0 Å². The Morgan fingerprint density at radius 3 is 2.19 bits per heavy atom. The molecule has 4 rings (SSSR count). The minimum Gasteiger partial charge on any atom is -0.352 e. The lowest BCUT2D eigenvalue weighted by Gasteiger charge is -2.33. The van der Waals surface area contributed by atoms with Crippen LogP contribution in [-0.2, 0) is 26.2 Å². The van der Waals surface area contributed by atoms with Crippen LogP contribution in [0.1, 0.15) is 44.6 Å². The third-order valence-corrected chi connectivity index (χ3v) is 9.10. The first kappa shape index (κ1) is 30.6. The topological polar surface area (TPSA) is 130 Å². The molecule has 0 bridgehead atoms. The van der Waals surface area contributed by atoms with Crippen LogP contribution in [0.5, 0.6) is 0 Å². The average Bonchev–Trinajstić information content (AvgIpc) is 3.50. The van der Waals surface area contributed by atoms with Crippen molar-refractivity contribution in [3.05, 3.63) is 100 Å². The summed E-state index contributed by atoms with van der Waals surface area (Å²) in [5.74, 6) is -1.46. The van der Waals surface area contributed by atoms with E-state index in [9.17, 15) is 32.5 Å². The highest BCUT2D eigenvalue weighted by Gasteiger charge is 2.34. The Bertz CT molecular complexity index is 1500. The molecule has 0 aromatic heterocycles. The Kier molecular flexibility index (Phi) is 9.89. The fraction of sp³-hybridized carbons (Fsp3) is 0.333. The largest absolute Gasteiger partial charge is 0.352 e. The molecule has 0 aliphatic heterocycles. The second-order valence-corrected chi connectivity index (χ2v) is 12.0. The van der Waals surface area contributed by atoms with E-state index in [4.69, 9.17) is 0 Å². The van der Waals surface area contributed by atoms with E-state index < -0.39 is 39.3 Å². The second-order valence-electron chi connectivity index (χ2n) is 10.2. The normalized spacial score (nSPS) is 14.2. The summed E-state index contributed by atoms with van der Waals surface area (Å²) in [6.07, 6.45) is 3.95. The highest BCUT2D eigenvalue weighted by molar-refractivity contribution is 7.92. The number of hydrogen-bond acceptors (Lipinski definition) is 6. The molecular formula is C30H33FN4O6S. The zero-order valence-corrected chi connectivity index (χ0v) is 24.0. The predicted octanol–water partition coefficient (Wildman–Crippen LogP) is 4.80. The van der Waals surface area contributed by atoms with Gasteiger partial charge in [-0.1, -0.05) is 50.1 Å². The Balaban J connectivity index is 1.71. The lowest BCUT2D eigenvalue weighted by molar-refractivity contribution is -0.384. The van der Waals surface area contributed by atoms with Crippen LogP contribution in [-0.4, -0.2) is 48.7 Å². The monoisotopic (exact) mass is 596 g/mol. The molecule has 2 amide bonds. The number of nitro groups is 1. The van der Waals surface area contributed by atoms with Crippen molar-refractivity contribution in [2.75, 3.05) is 10.8 Å². The van der Waals surface area contributed by atoms with Gasteiger partial charge in [0.1, 0.15) is 18.4 Å². The number of non-ortho nitro benzene ring substituents is 1. The van der Waals surface area contributed by atoms with Gasteiger partial charge in [-0.05, 0) is 61.2 Å². The third kappa shape index (κ3) is 7.30. The lowest BCUT2D eigenvalue weighted by Crippen LogP contribution is -2.53. The summed E-state index contributed by atoms with van der Waals surface area (Å²) in [5.41, 5.74) is 0.363. The van der Waals surface area contributed by atoms with Gasteiger partial charge in [-0.3, -0.25) is 24.0 Å². The Morgan fingerprint density at radius 1 is 1.00 bits per heavy atom. The van der Waals surface area contributed by atoms with Crippen molar-refractivity contribution in [2.24, 2.45) is 0 Å². The molecule has 222 valence electrons. The van der Waals surface area contributed by atoms with Crippen molar-refractivity contribution in [3.63, 3.8) is 0 Å². The summed E-state index contributed by atoms with van der Waals surface area (Å²) in [7, 11) is -4.30. The molecule has 0 spiro atoms. The van der Waals surface area contributed by atoms with E-state index in [2.05, 4.69) is 5.32 Å². The van der Waals surface area contributed by atoms with Crippen molar-refractivity contribution < 1.29 is 27.3 Å². The Morgan fingerprint density at radius 2 is 1.62 bits per heavy atom. The van der Waals surface area contributed by atoms with Crippen molar-refractivity contribution in [1.29, 1.82) is 0 Å². The fourth-order valence-corrected chi connectivity index (χ4v) is 6.50. The maximum Gasteiger partial charge on any atom is 0.269 e. The van der Waals surface area contributed by atoms with Crippen LogP contribution in [0.3, 0.4) is 0 Å². The number of carbonyl (C=O) groups is 2. The van der Waals surface area contributed by atoms with Gasteiger partial charge in [0.15, 0.2) is 0 Å². The Hall–Kier alpha value is -4.32. The number of nitrogens with one attached hydrogen (secondary N) is 1. The van der Waals surface area contributed by atoms with Gasteiger partial charge >= 0.3 is 0 Å². The van der Waals surface area contributed by atoms with Crippen LogP contribution in [0.2, 0.25) is 0 Å². The van der Waals surface area contributed by atoms with Gasteiger partial charge < -0.3 is 10.2 Å². The lowest BCUT2D eigenvalue weighted by atomic mass is 10.1. The Labute approximate surface area is 244 Å². The molecule has 3 aromatic rings. The summed E-state index contributed by atoms with van der Waals surface area (Å²) in [6, 6.07) is 17.0. The van der Waals surface area contributed by atoms with Crippen LogP contribution in [0.25, 0.3) is 0 Å². The second kappa shape index (κ2) is 13.6. The summed E-state index contributed by atoms with van der Waals surface area (Å²) >= 11 is 0. The summed E-state index contributed by atoms with van der Waals surface area (Å²) in [5, 5.41) is 14.2. The number of sulfonamides is 1. The van der Waals surface area contributed by atoms with E-state index >= 15 is 0 Å². The average molecular weight is 597 g/mol. The summed E-state index contributed by atoms with van der Waals surface area (Å²) in [6.45, 7) is 1.03. The molecule has 1 atom stereocenters. The molecule has 0 saturated heterocycles. The number of amides is 2. The summed E-state index contributed by atoms with van der Waals surface area (Å²) in [4.78, 5) is 39.3. The van der Waals surface area contributed by atoms with Crippen LogP contribution < -0.4 is 9.62 Å². The number of carbonyl (C=O) groups excluding carboxylic acids is 2. The summed E-state index contributed by atoms with van der Waals surface area (Å²) < 4.78 is 42.1. The molecule has 1 unspecified atom stereocenters. The zero-order valence-electron chi connectivity index (χ0n) is 23.2. The van der Waals surface area contributed by atoms with Crippen LogP contribution in [0, 0.1) is 15.9 Å². The molecule has 12 heteroatoms. The third-order valence-electron chi connectivity index (χ3n) is 7.31. The van der Waals surface area contributed by atoms with Crippen LogP contribution >= 0.6 is 0 Å². The van der Waals surface area contributed by atoms with Crippen molar-refractivity contribution in [2.45, 2.75) is 62.6 Å². The van der Waals surface area contributed by atoms with E-state index in [0.717, 1.165) is 42.1 Å². The van der Waals surface area contributed by atoms with Crippen molar-refractivity contribution in [3.8, 4) is 0 Å². The number of anilines is 1. The number of nitrogens with zero attached hydrogens (tertiary/aromatic N) is 3. The first-order valence-electron chi connectivity index (χ1n) is 13.8. The van der Waals surface area contributed by atoms with Gasteiger partial charge in [0.25, 0.3) is 15.7 Å². The maximum atomic E-state index is 14.1. The molecule has 3 aromatic carbocycles. The van der Waals surface area contributed by atoms with E-state index in [-0.39, 0.29) is 41.2 Å². The number of rotatable bonds is 12. The van der Waals surface area contributed by atoms with Crippen LogP contribution in [0.4, 0.5) is 15.8 Å². The standard InChI is InChI=1S/C30H33FN4O6S/c1-2-28(30(37)32-24-8-6-7-9-24)33(20-22-12-14-23(31)15-13-22)29(36)21-34(25-16-18-26(19-17-25)35(38)39)42(40,41)27-10-4-3-5-11-27/h3-5,10-19,24,28H,2,6-9,20-21H2,1H3,(H,32,37). The number of nitro benzene ring substituents is 1. The molecular weight excluding hydrogens is 563 g/mol. The first-order valence-corrected chi connectivity index (χ1v) is 15.2. The minimum absolute atomic E-state index is 0.00406. The molecule has 42 heavy (non-hydrogen) atoms. The minimum atomic E-state index is -4.30. The van der Waals surface area contributed by atoms with Crippen molar-refractivity contribution >= 4 is 33.2 Å². The molecule has 10 nitrogen and oxygen atoms in total. The number of halogens is 1. The predicted molar refractivity (Wildman–Crippen MR) is 155 cm³/mol. The number of benzene rings is 3. The quantitative estimate of drug-likeness (QED) is 0.236. The fourth-order valence-electron chi connectivity index (χ4n) is 5.06. The molecule has 1 N–H and O–H groups in total. The highest BCUT2D eigenvalue weighted by Crippen LogP contribution is 2.27. The molecule has 1 saturated carbocycles. The maximum absolute atomic E-state index is 14.1. The first-order chi connectivity index (χ1) is 20.1. The van der Waals surface area contributed by atoms with Crippen LogP contribution in [0.15, 0.2) is 83.8 Å². The molecule has 1 fully saturated rings. The van der Waals surface area contributed by atoms with E-state index in [1.165, 1.54) is 53.4 Å². The molecule has 1 aliphatic rings. The SMILES string of the molecule is CCC(C(=O)NC1CCCC1)N(Cc1ccc(F)cc1)C(=O)CN(c1ccc([N+](=O)[O-])cc1)S(=O)(=O)c1ccccc1. The molecule has 0 heterocycles. The van der Waals surface area contributed by atoms with Gasteiger partial charge in [0.05, 0.1) is 15.5 Å². The van der Waals surface area contributed by atoms with Crippen molar-refractivity contribution in [1.82, 2.24) is 10.2 Å². The van der Waals surface area contributed by atoms with Gasteiger partial charge in [-0.25, -0.2) is 12.8 Å². The van der Waals surface area contributed by atoms with Gasteiger partial charge in [-0.15, -0.1) is 0 Å². The van der Waals surface area contributed by atoms with Gasteiger partial charge in [0, 0.05) is 24.7 Å². The number of hydrogen-bond donors (Lipinski definition) is 1. The zero-order chi connectivity index (χ0) is 30.3.